The van der Waals surface area contributed by atoms with E-state index in [1.165, 1.54) is 18.2 Å². The SMILES string of the molecule is CCNc1ccc(C(=O)O)cc1S(=O)(=O)NCCc1ccccc1. The second-order valence-corrected chi connectivity index (χ2v) is 6.92. The Kier molecular flexibility index (Phi) is 5.94. The van der Waals surface area contributed by atoms with Crippen LogP contribution in [0.1, 0.15) is 22.8 Å². The summed E-state index contributed by atoms with van der Waals surface area (Å²) in [6.07, 6.45) is 0.551. The van der Waals surface area contributed by atoms with Crippen molar-refractivity contribution in [3.05, 3.63) is 59.7 Å². The molecule has 0 aliphatic carbocycles. The molecule has 0 amide bonds. The van der Waals surface area contributed by atoms with Crippen molar-refractivity contribution < 1.29 is 18.3 Å². The normalized spacial score (nSPS) is 11.2. The average Bonchev–Trinajstić information content (AvgIpc) is 2.56. The number of carboxylic acids is 1. The molecule has 0 heterocycles. The molecular formula is C17H20N2O4S. The quantitative estimate of drug-likeness (QED) is 0.680. The lowest BCUT2D eigenvalue weighted by Gasteiger charge is -2.13. The summed E-state index contributed by atoms with van der Waals surface area (Å²) in [6.45, 7) is 2.60. The van der Waals surface area contributed by atoms with Crippen molar-refractivity contribution in [3.8, 4) is 0 Å². The summed E-state index contributed by atoms with van der Waals surface area (Å²) in [4.78, 5) is 11.1. The topological polar surface area (TPSA) is 95.5 Å². The van der Waals surface area contributed by atoms with E-state index in [2.05, 4.69) is 10.0 Å². The van der Waals surface area contributed by atoms with Gasteiger partial charge in [0.05, 0.1) is 11.3 Å². The highest BCUT2D eigenvalue weighted by atomic mass is 32.2. The molecule has 2 aromatic carbocycles. The molecule has 0 atom stereocenters. The molecule has 6 nitrogen and oxygen atoms in total. The van der Waals surface area contributed by atoms with Gasteiger partial charge in [-0.3, -0.25) is 0 Å². The van der Waals surface area contributed by atoms with Gasteiger partial charge < -0.3 is 10.4 Å². The zero-order chi connectivity index (χ0) is 17.6. The van der Waals surface area contributed by atoms with Crippen molar-refractivity contribution in [1.82, 2.24) is 4.72 Å². The van der Waals surface area contributed by atoms with E-state index in [0.29, 0.717) is 18.7 Å². The van der Waals surface area contributed by atoms with E-state index in [1.807, 2.05) is 37.3 Å². The largest absolute Gasteiger partial charge is 0.478 e. The van der Waals surface area contributed by atoms with Gasteiger partial charge in [-0.05, 0) is 37.1 Å². The Balaban J connectivity index is 2.20. The van der Waals surface area contributed by atoms with Gasteiger partial charge in [-0.25, -0.2) is 17.9 Å². The zero-order valence-electron chi connectivity index (χ0n) is 13.3. The van der Waals surface area contributed by atoms with Crippen LogP contribution in [0.2, 0.25) is 0 Å². The maximum Gasteiger partial charge on any atom is 0.335 e. The smallest absolute Gasteiger partial charge is 0.335 e. The van der Waals surface area contributed by atoms with Crippen LogP contribution in [0.3, 0.4) is 0 Å². The van der Waals surface area contributed by atoms with Crippen molar-refractivity contribution >= 4 is 21.7 Å². The van der Waals surface area contributed by atoms with E-state index in [1.54, 1.807) is 0 Å². The lowest BCUT2D eigenvalue weighted by Crippen LogP contribution is -2.27. The molecule has 0 spiro atoms. The summed E-state index contributed by atoms with van der Waals surface area (Å²) in [5.74, 6) is -1.17. The average molecular weight is 348 g/mol. The fourth-order valence-corrected chi connectivity index (χ4v) is 3.50. The standard InChI is InChI=1S/C17H20N2O4S/c1-2-18-15-9-8-14(17(20)21)12-16(15)24(22,23)19-11-10-13-6-4-3-5-7-13/h3-9,12,18-19H,2,10-11H2,1H3,(H,20,21). The van der Waals surface area contributed by atoms with E-state index in [0.717, 1.165) is 5.56 Å². The third-order valence-electron chi connectivity index (χ3n) is 3.43. The maximum absolute atomic E-state index is 12.5. The molecule has 0 saturated carbocycles. The van der Waals surface area contributed by atoms with E-state index in [-0.39, 0.29) is 17.0 Å². The van der Waals surface area contributed by atoms with Crippen LogP contribution in [-0.4, -0.2) is 32.6 Å². The summed E-state index contributed by atoms with van der Waals surface area (Å²) >= 11 is 0. The first-order valence-corrected chi connectivity index (χ1v) is 9.07. The van der Waals surface area contributed by atoms with Gasteiger partial charge in [-0.1, -0.05) is 30.3 Å². The Morgan fingerprint density at radius 2 is 1.83 bits per heavy atom. The maximum atomic E-state index is 12.5. The molecule has 24 heavy (non-hydrogen) atoms. The first kappa shape index (κ1) is 18.0. The highest BCUT2D eigenvalue weighted by molar-refractivity contribution is 7.89. The molecular weight excluding hydrogens is 328 g/mol. The van der Waals surface area contributed by atoms with Gasteiger partial charge in [0, 0.05) is 13.1 Å². The molecule has 0 unspecified atom stereocenters. The summed E-state index contributed by atoms with van der Waals surface area (Å²) < 4.78 is 27.6. The number of rotatable bonds is 8. The number of anilines is 1. The van der Waals surface area contributed by atoms with Crippen LogP contribution in [0.15, 0.2) is 53.4 Å². The molecule has 0 radical (unpaired) electrons. The predicted octanol–water partition coefficient (Wildman–Crippen LogP) is 2.34. The summed E-state index contributed by atoms with van der Waals surface area (Å²) in [7, 11) is -3.82. The molecule has 3 N–H and O–H groups in total. The molecule has 0 fully saturated rings. The second-order valence-electron chi connectivity index (χ2n) is 5.18. The molecule has 128 valence electrons. The van der Waals surface area contributed by atoms with Gasteiger partial charge in [0.25, 0.3) is 0 Å². The first-order valence-electron chi connectivity index (χ1n) is 7.59. The van der Waals surface area contributed by atoms with Crippen LogP contribution in [0.4, 0.5) is 5.69 Å². The van der Waals surface area contributed by atoms with Gasteiger partial charge in [-0.15, -0.1) is 0 Å². The highest BCUT2D eigenvalue weighted by Gasteiger charge is 2.20. The Labute approximate surface area is 141 Å². The third-order valence-corrected chi connectivity index (χ3v) is 4.93. The Hall–Kier alpha value is -2.38. The van der Waals surface area contributed by atoms with Crippen LogP contribution in [0.25, 0.3) is 0 Å². The van der Waals surface area contributed by atoms with Crippen molar-refractivity contribution in [2.45, 2.75) is 18.2 Å². The number of benzene rings is 2. The van der Waals surface area contributed by atoms with Crippen LogP contribution in [-0.2, 0) is 16.4 Å². The lowest BCUT2D eigenvalue weighted by molar-refractivity contribution is 0.0696. The molecule has 0 bridgehead atoms. The molecule has 2 aromatic rings. The fourth-order valence-electron chi connectivity index (χ4n) is 2.27. The van der Waals surface area contributed by atoms with Gasteiger partial charge in [0.2, 0.25) is 10.0 Å². The van der Waals surface area contributed by atoms with Crippen molar-refractivity contribution in [2.75, 3.05) is 18.4 Å². The highest BCUT2D eigenvalue weighted by Crippen LogP contribution is 2.23. The molecule has 0 aliphatic heterocycles. The molecule has 7 heteroatoms. The molecule has 2 rings (SSSR count). The van der Waals surface area contributed by atoms with Gasteiger partial charge in [-0.2, -0.15) is 0 Å². The summed E-state index contributed by atoms with van der Waals surface area (Å²) in [6, 6.07) is 13.5. The van der Waals surface area contributed by atoms with E-state index < -0.39 is 16.0 Å². The van der Waals surface area contributed by atoms with Crippen LogP contribution in [0, 0.1) is 0 Å². The molecule has 0 saturated heterocycles. The minimum absolute atomic E-state index is 0.0580. The Morgan fingerprint density at radius 1 is 1.12 bits per heavy atom. The number of hydrogen-bond donors (Lipinski definition) is 3. The molecule has 0 aliphatic rings. The number of sulfonamides is 1. The minimum Gasteiger partial charge on any atom is -0.478 e. The second kappa shape index (κ2) is 7.94. The predicted molar refractivity (Wildman–Crippen MR) is 92.9 cm³/mol. The van der Waals surface area contributed by atoms with E-state index >= 15 is 0 Å². The van der Waals surface area contributed by atoms with Gasteiger partial charge in [0.15, 0.2) is 0 Å². The Morgan fingerprint density at radius 3 is 2.46 bits per heavy atom. The van der Waals surface area contributed by atoms with Crippen LogP contribution in [0.5, 0.6) is 0 Å². The Bertz CT molecular complexity index is 805. The van der Waals surface area contributed by atoms with Crippen molar-refractivity contribution in [1.29, 1.82) is 0 Å². The van der Waals surface area contributed by atoms with Crippen LogP contribution >= 0.6 is 0 Å². The number of carbonyl (C=O) groups is 1. The molecule has 0 aromatic heterocycles. The van der Waals surface area contributed by atoms with Crippen molar-refractivity contribution in [2.24, 2.45) is 0 Å². The van der Waals surface area contributed by atoms with E-state index in [9.17, 15) is 13.2 Å². The third kappa shape index (κ3) is 4.56. The van der Waals surface area contributed by atoms with Crippen LogP contribution < -0.4 is 10.0 Å². The zero-order valence-corrected chi connectivity index (χ0v) is 14.1. The van der Waals surface area contributed by atoms with E-state index in [4.69, 9.17) is 5.11 Å². The number of aromatic carboxylic acids is 1. The number of carboxylic acid groups (broad SMARTS) is 1. The van der Waals surface area contributed by atoms with Crippen molar-refractivity contribution in [3.63, 3.8) is 0 Å². The first-order chi connectivity index (χ1) is 11.4. The number of hydrogen-bond acceptors (Lipinski definition) is 4. The lowest BCUT2D eigenvalue weighted by atomic mass is 10.2. The summed E-state index contributed by atoms with van der Waals surface area (Å²) in [5, 5.41) is 12.0. The van der Waals surface area contributed by atoms with Gasteiger partial charge >= 0.3 is 5.97 Å². The summed E-state index contributed by atoms with van der Waals surface area (Å²) in [5.41, 5.74) is 1.33. The monoisotopic (exact) mass is 348 g/mol. The number of nitrogens with one attached hydrogen (secondary N) is 2. The minimum atomic E-state index is -3.82. The van der Waals surface area contributed by atoms with Gasteiger partial charge in [0.1, 0.15) is 4.90 Å². The fraction of sp³-hybridized carbons (Fsp3) is 0.235.